The molecule has 1 N–H and O–H groups in total. The topological polar surface area (TPSA) is 55.4 Å². The van der Waals surface area contributed by atoms with Crippen LogP contribution in [0.4, 0.5) is 0 Å². The van der Waals surface area contributed by atoms with Crippen LogP contribution in [0.15, 0.2) is 22.7 Å². The summed E-state index contributed by atoms with van der Waals surface area (Å²) >= 11 is 3.32. The highest BCUT2D eigenvalue weighted by Gasteiger charge is 2.08. The molecule has 0 fully saturated rings. The Kier molecular flexibility index (Phi) is 6.35. The van der Waals surface area contributed by atoms with Crippen LogP contribution in [0.5, 0.6) is 5.75 Å². The zero-order valence-corrected chi connectivity index (χ0v) is 12.8. The van der Waals surface area contributed by atoms with Crippen LogP contribution in [-0.2, 0) is 10.8 Å². The summed E-state index contributed by atoms with van der Waals surface area (Å²) < 4.78 is 17.0. The fourth-order valence-electron chi connectivity index (χ4n) is 1.33. The summed E-state index contributed by atoms with van der Waals surface area (Å²) in [5.41, 5.74) is 0.546. The molecule has 0 aliphatic carbocycles. The summed E-state index contributed by atoms with van der Waals surface area (Å²) in [5.74, 6) is 1.61. The van der Waals surface area contributed by atoms with Crippen molar-refractivity contribution in [2.45, 2.75) is 6.92 Å². The smallest absolute Gasteiger partial charge is 0.251 e. The maximum atomic E-state index is 11.8. The van der Waals surface area contributed by atoms with Gasteiger partial charge < -0.3 is 10.1 Å². The number of nitrogens with one attached hydrogen (secondary N) is 1. The molecule has 4 nitrogen and oxygen atoms in total. The maximum absolute atomic E-state index is 11.8. The van der Waals surface area contributed by atoms with E-state index in [1.54, 1.807) is 25.3 Å². The molecule has 6 heteroatoms. The van der Waals surface area contributed by atoms with Crippen molar-refractivity contribution in [2.24, 2.45) is 0 Å². The molecule has 1 rings (SSSR count). The number of hydrogen-bond donors (Lipinski definition) is 1. The predicted octanol–water partition coefficient (Wildman–Crippen LogP) is 1.96. The molecule has 100 valence electrons. The summed E-state index contributed by atoms with van der Waals surface area (Å²) in [7, 11) is 0.716. The predicted molar refractivity (Wildman–Crippen MR) is 76.6 cm³/mol. The van der Waals surface area contributed by atoms with E-state index in [4.69, 9.17) is 4.74 Å². The maximum Gasteiger partial charge on any atom is 0.251 e. The van der Waals surface area contributed by atoms with E-state index in [9.17, 15) is 9.00 Å². The molecule has 0 heterocycles. The molecule has 0 aromatic heterocycles. The minimum Gasteiger partial charge on any atom is -0.496 e. The average molecular weight is 334 g/mol. The summed E-state index contributed by atoms with van der Waals surface area (Å²) in [5, 5.41) is 2.74. The first-order valence-corrected chi connectivity index (χ1v) is 7.83. The Balaban J connectivity index is 2.56. The van der Waals surface area contributed by atoms with Crippen LogP contribution in [0.25, 0.3) is 0 Å². The van der Waals surface area contributed by atoms with Crippen molar-refractivity contribution < 1.29 is 13.7 Å². The number of halogens is 1. The van der Waals surface area contributed by atoms with Gasteiger partial charge in [0.25, 0.3) is 5.91 Å². The Morgan fingerprint density at radius 2 is 2.22 bits per heavy atom. The Bertz CT molecular complexity index is 451. The molecule has 0 saturated heterocycles. The Hall–Kier alpha value is -0.880. The lowest BCUT2D eigenvalue weighted by molar-refractivity contribution is 0.0956. The van der Waals surface area contributed by atoms with E-state index < -0.39 is 10.8 Å². The highest BCUT2D eigenvalue weighted by Crippen LogP contribution is 2.25. The first-order valence-electron chi connectivity index (χ1n) is 5.55. The number of carbonyl (C=O) groups excluding carboxylic acids is 1. The third-order valence-corrected chi connectivity index (χ3v) is 4.27. The van der Waals surface area contributed by atoms with Gasteiger partial charge in [-0.15, -0.1) is 0 Å². The molecule has 1 aromatic carbocycles. The standard InChI is InChI=1S/C12H16BrNO3S/c1-3-18(16)7-6-14-12(15)9-4-5-11(17-2)10(13)8-9/h4-5,8H,3,6-7H2,1-2H3,(H,14,15). The molecular formula is C12H16BrNO3S. The van der Waals surface area contributed by atoms with Gasteiger partial charge in [-0.05, 0) is 34.1 Å². The van der Waals surface area contributed by atoms with Gasteiger partial charge in [-0.1, -0.05) is 6.92 Å². The van der Waals surface area contributed by atoms with E-state index >= 15 is 0 Å². The van der Waals surface area contributed by atoms with Gasteiger partial charge in [0, 0.05) is 34.4 Å². The lowest BCUT2D eigenvalue weighted by atomic mass is 10.2. The van der Waals surface area contributed by atoms with Crippen LogP contribution in [0.1, 0.15) is 17.3 Å². The fourth-order valence-corrected chi connectivity index (χ4v) is 2.49. The van der Waals surface area contributed by atoms with Crippen molar-refractivity contribution in [3.63, 3.8) is 0 Å². The number of ether oxygens (including phenoxy) is 1. The van der Waals surface area contributed by atoms with Crippen molar-refractivity contribution in [2.75, 3.05) is 25.2 Å². The van der Waals surface area contributed by atoms with Gasteiger partial charge >= 0.3 is 0 Å². The molecule has 0 spiro atoms. The molecule has 1 aromatic rings. The Morgan fingerprint density at radius 3 is 2.78 bits per heavy atom. The molecule has 0 aliphatic rings. The zero-order valence-electron chi connectivity index (χ0n) is 10.4. The first kappa shape index (κ1) is 15.2. The second-order valence-corrected chi connectivity index (χ2v) is 6.26. The highest BCUT2D eigenvalue weighted by atomic mass is 79.9. The van der Waals surface area contributed by atoms with E-state index in [0.29, 0.717) is 29.4 Å². The lowest BCUT2D eigenvalue weighted by Crippen LogP contribution is -2.28. The van der Waals surface area contributed by atoms with Crippen molar-refractivity contribution in [3.05, 3.63) is 28.2 Å². The molecule has 0 bridgehead atoms. The van der Waals surface area contributed by atoms with Gasteiger partial charge in [0.05, 0.1) is 11.6 Å². The molecule has 0 aliphatic heterocycles. The molecular weight excluding hydrogens is 318 g/mol. The zero-order chi connectivity index (χ0) is 13.5. The van der Waals surface area contributed by atoms with Crippen LogP contribution >= 0.6 is 15.9 Å². The van der Waals surface area contributed by atoms with Crippen LogP contribution in [0.2, 0.25) is 0 Å². The quantitative estimate of drug-likeness (QED) is 0.865. The second kappa shape index (κ2) is 7.53. The fraction of sp³-hybridized carbons (Fsp3) is 0.417. The van der Waals surface area contributed by atoms with Gasteiger partial charge in [-0.3, -0.25) is 9.00 Å². The summed E-state index contributed by atoms with van der Waals surface area (Å²) in [6.07, 6.45) is 0. The minimum atomic E-state index is -0.853. The average Bonchev–Trinajstić information content (AvgIpc) is 2.38. The number of benzene rings is 1. The molecule has 0 radical (unpaired) electrons. The van der Waals surface area contributed by atoms with Crippen LogP contribution in [0.3, 0.4) is 0 Å². The van der Waals surface area contributed by atoms with E-state index in [2.05, 4.69) is 21.2 Å². The first-order chi connectivity index (χ1) is 8.58. The molecule has 0 saturated carbocycles. The van der Waals surface area contributed by atoms with Crippen LogP contribution in [-0.4, -0.2) is 35.3 Å². The summed E-state index contributed by atoms with van der Waals surface area (Å²) in [6.45, 7) is 2.28. The molecule has 18 heavy (non-hydrogen) atoms. The Labute approximate surface area is 118 Å². The number of rotatable bonds is 6. The van der Waals surface area contributed by atoms with Crippen molar-refractivity contribution in [1.29, 1.82) is 0 Å². The second-order valence-electron chi connectivity index (χ2n) is 3.54. The SMILES string of the molecule is CCS(=O)CCNC(=O)c1ccc(OC)c(Br)c1. The van der Waals surface area contributed by atoms with Crippen LogP contribution < -0.4 is 10.1 Å². The number of methoxy groups -OCH3 is 1. The Morgan fingerprint density at radius 1 is 1.50 bits per heavy atom. The van der Waals surface area contributed by atoms with Crippen molar-refractivity contribution in [3.8, 4) is 5.75 Å². The van der Waals surface area contributed by atoms with Crippen molar-refractivity contribution in [1.82, 2.24) is 5.32 Å². The highest BCUT2D eigenvalue weighted by molar-refractivity contribution is 9.10. The molecule has 1 amide bonds. The molecule has 1 atom stereocenters. The van der Waals surface area contributed by atoms with Gasteiger partial charge in [0.1, 0.15) is 5.75 Å². The molecule has 1 unspecified atom stereocenters. The largest absolute Gasteiger partial charge is 0.496 e. The number of carbonyl (C=O) groups is 1. The number of amides is 1. The van der Waals surface area contributed by atoms with E-state index in [0.717, 1.165) is 4.47 Å². The van der Waals surface area contributed by atoms with Crippen molar-refractivity contribution >= 4 is 32.6 Å². The van der Waals surface area contributed by atoms with Gasteiger partial charge in [-0.25, -0.2) is 0 Å². The summed E-state index contributed by atoms with van der Waals surface area (Å²) in [6, 6.07) is 5.11. The third-order valence-electron chi connectivity index (χ3n) is 2.35. The van der Waals surface area contributed by atoms with Gasteiger partial charge in [0.15, 0.2) is 0 Å². The van der Waals surface area contributed by atoms with Crippen LogP contribution in [0, 0.1) is 0 Å². The minimum absolute atomic E-state index is 0.175. The van der Waals surface area contributed by atoms with Gasteiger partial charge in [-0.2, -0.15) is 0 Å². The van der Waals surface area contributed by atoms with E-state index in [1.165, 1.54) is 0 Å². The summed E-state index contributed by atoms with van der Waals surface area (Å²) in [4.78, 5) is 11.8. The lowest BCUT2D eigenvalue weighted by Gasteiger charge is -2.07. The normalized spacial score (nSPS) is 11.9. The monoisotopic (exact) mass is 333 g/mol. The van der Waals surface area contributed by atoms with E-state index in [1.807, 2.05) is 6.92 Å². The third kappa shape index (κ3) is 4.42. The number of hydrogen-bond acceptors (Lipinski definition) is 3. The van der Waals surface area contributed by atoms with Gasteiger partial charge in [0.2, 0.25) is 0 Å². The van der Waals surface area contributed by atoms with E-state index in [-0.39, 0.29) is 5.91 Å².